The highest BCUT2D eigenvalue weighted by molar-refractivity contribution is 5.60. The van der Waals surface area contributed by atoms with Gasteiger partial charge < -0.3 is 10.3 Å². The predicted octanol–water partition coefficient (Wildman–Crippen LogP) is 3.22. The maximum atomic E-state index is 5.76. The number of nitrogens with zero attached hydrogens (tertiary/aromatic N) is 2. The summed E-state index contributed by atoms with van der Waals surface area (Å²) in [5, 5.41) is 4.01. The molecule has 0 saturated heterocycles. The van der Waals surface area contributed by atoms with Crippen LogP contribution < -0.4 is 5.73 Å². The lowest BCUT2D eigenvalue weighted by molar-refractivity contribution is 0.385. The molecule has 0 amide bonds. The third-order valence-electron chi connectivity index (χ3n) is 3.22. The third-order valence-corrected chi connectivity index (χ3v) is 3.22. The molecule has 0 unspecified atom stereocenters. The van der Waals surface area contributed by atoms with Gasteiger partial charge >= 0.3 is 0 Å². The van der Waals surface area contributed by atoms with E-state index in [4.69, 9.17) is 10.3 Å². The Kier molecular flexibility index (Phi) is 3.21. The Morgan fingerprint density at radius 3 is 2.75 bits per heavy atom. The SMILES string of the molecule is Cc1ccccc1Cc1nc(-c2cccc(N)c2)no1. The van der Waals surface area contributed by atoms with Gasteiger partial charge in [-0.2, -0.15) is 4.98 Å². The van der Waals surface area contributed by atoms with Crippen molar-refractivity contribution in [2.45, 2.75) is 13.3 Å². The number of rotatable bonds is 3. The van der Waals surface area contributed by atoms with E-state index >= 15 is 0 Å². The molecule has 1 heterocycles. The highest BCUT2D eigenvalue weighted by Gasteiger charge is 2.10. The summed E-state index contributed by atoms with van der Waals surface area (Å²) in [5.41, 5.74) is 9.72. The van der Waals surface area contributed by atoms with Crippen molar-refractivity contribution in [3.63, 3.8) is 0 Å². The molecule has 0 atom stereocenters. The quantitative estimate of drug-likeness (QED) is 0.738. The summed E-state index contributed by atoms with van der Waals surface area (Å²) in [6.45, 7) is 2.07. The Morgan fingerprint density at radius 1 is 1.10 bits per heavy atom. The maximum Gasteiger partial charge on any atom is 0.231 e. The van der Waals surface area contributed by atoms with Gasteiger partial charge in [0.1, 0.15) is 0 Å². The van der Waals surface area contributed by atoms with Crippen LogP contribution in [0.15, 0.2) is 53.1 Å². The standard InChI is InChI=1S/C16H15N3O/c1-11-5-2-3-6-12(11)10-15-18-16(19-20-15)13-7-4-8-14(17)9-13/h2-9H,10,17H2,1H3. The molecule has 0 fully saturated rings. The summed E-state index contributed by atoms with van der Waals surface area (Å²) in [6.07, 6.45) is 0.641. The number of aromatic nitrogens is 2. The van der Waals surface area contributed by atoms with Gasteiger partial charge in [0.15, 0.2) is 0 Å². The molecule has 1 aromatic heterocycles. The average Bonchev–Trinajstić information content (AvgIpc) is 2.90. The van der Waals surface area contributed by atoms with Gasteiger partial charge in [0.05, 0.1) is 6.42 Å². The zero-order chi connectivity index (χ0) is 13.9. The van der Waals surface area contributed by atoms with Crippen molar-refractivity contribution >= 4 is 5.69 Å². The largest absolute Gasteiger partial charge is 0.399 e. The predicted molar refractivity (Wildman–Crippen MR) is 78.1 cm³/mol. The fourth-order valence-electron chi connectivity index (χ4n) is 2.09. The first-order chi connectivity index (χ1) is 9.72. The van der Waals surface area contributed by atoms with Crippen LogP contribution >= 0.6 is 0 Å². The minimum absolute atomic E-state index is 0.570. The molecule has 4 heteroatoms. The minimum atomic E-state index is 0.570. The molecule has 0 saturated carbocycles. The number of hydrogen-bond acceptors (Lipinski definition) is 4. The number of nitrogens with two attached hydrogens (primary N) is 1. The molecular weight excluding hydrogens is 250 g/mol. The van der Waals surface area contributed by atoms with Crippen LogP contribution in [0.3, 0.4) is 0 Å². The van der Waals surface area contributed by atoms with Crippen molar-refractivity contribution in [3.05, 3.63) is 65.5 Å². The number of aryl methyl sites for hydroxylation is 1. The molecule has 3 aromatic rings. The van der Waals surface area contributed by atoms with Gasteiger partial charge in [0, 0.05) is 11.3 Å². The third kappa shape index (κ3) is 2.54. The molecule has 2 N–H and O–H groups in total. The Bertz CT molecular complexity index is 734. The van der Waals surface area contributed by atoms with Crippen molar-refractivity contribution in [1.82, 2.24) is 10.1 Å². The first-order valence-corrected chi connectivity index (χ1v) is 6.45. The summed E-state index contributed by atoms with van der Waals surface area (Å²) in [4.78, 5) is 4.42. The fraction of sp³-hybridized carbons (Fsp3) is 0.125. The topological polar surface area (TPSA) is 64.9 Å². The van der Waals surface area contributed by atoms with Gasteiger partial charge in [-0.3, -0.25) is 0 Å². The van der Waals surface area contributed by atoms with E-state index in [2.05, 4.69) is 29.2 Å². The van der Waals surface area contributed by atoms with E-state index in [1.54, 1.807) is 0 Å². The highest BCUT2D eigenvalue weighted by atomic mass is 16.5. The van der Waals surface area contributed by atoms with Gasteiger partial charge in [-0.05, 0) is 30.2 Å². The van der Waals surface area contributed by atoms with E-state index in [0.717, 1.165) is 5.56 Å². The van der Waals surface area contributed by atoms with Crippen molar-refractivity contribution in [2.75, 3.05) is 5.73 Å². The van der Waals surface area contributed by atoms with Crippen LogP contribution in [0, 0.1) is 6.92 Å². The zero-order valence-corrected chi connectivity index (χ0v) is 11.2. The van der Waals surface area contributed by atoms with Gasteiger partial charge in [-0.1, -0.05) is 41.6 Å². The average molecular weight is 265 g/mol. The first kappa shape index (κ1) is 12.4. The Hall–Kier alpha value is -2.62. The molecule has 20 heavy (non-hydrogen) atoms. The van der Waals surface area contributed by atoms with Crippen LogP contribution in [0.1, 0.15) is 17.0 Å². The van der Waals surface area contributed by atoms with Crippen molar-refractivity contribution in [2.24, 2.45) is 0 Å². The molecule has 100 valence electrons. The number of hydrogen-bond donors (Lipinski definition) is 1. The van der Waals surface area contributed by atoms with E-state index in [0.29, 0.717) is 23.8 Å². The van der Waals surface area contributed by atoms with Crippen LogP contribution in [0.5, 0.6) is 0 Å². The zero-order valence-electron chi connectivity index (χ0n) is 11.2. The molecule has 0 aliphatic heterocycles. The van der Waals surface area contributed by atoms with Crippen LogP contribution in [-0.4, -0.2) is 10.1 Å². The molecule has 0 bridgehead atoms. The molecule has 3 rings (SSSR count). The summed E-state index contributed by atoms with van der Waals surface area (Å²) < 4.78 is 5.32. The maximum absolute atomic E-state index is 5.76. The minimum Gasteiger partial charge on any atom is -0.399 e. The van der Waals surface area contributed by atoms with Crippen LogP contribution in [0.2, 0.25) is 0 Å². The van der Waals surface area contributed by atoms with Gasteiger partial charge in [-0.25, -0.2) is 0 Å². The summed E-state index contributed by atoms with van der Waals surface area (Å²) >= 11 is 0. The molecular formula is C16H15N3O. The van der Waals surface area contributed by atoms with Crippen molar-refractivity contribution in [3.8, 4) is 11.4 Å². The van der Waals surface area contributed by atoms with E-state index < -0.39 is 0 Å². The second-order valence-electron chi connectivity index (χ2n) is 4.74. The monoisotopic (exact) mass is 265 g/mol. The molecule has 0 aliphatic rings. The number of benzene rings is 2. The molecule has 4 nitrogen and oxygen atoms in total. The Morgan fingerprint density at radius 2 is 1.95 bits per heavy atom. The lowest BCUT2D eigenvalue weighted by Gasteiger charge is -2.00. The lowest BCUT2D eigenvalue weighted by Crippen LogP contribution is -1.92. The lowest BCUT2D eigenvalue weighted by atomic mass is 10.1. The van der Waals surface area contributed by atoms with Crippen molar-refractivity contribution in [1.29, 1.82) is 0 Å². The molecule has 2 aromatic carbocycles. The van der Waals surface area contributed by atoms with Gasteiger partial charge in [0.25, 0.3) is 0 Å². The normalized spacial score (nSPS) is 10.7. The molecule has 0 aliphatic carbocycles. The summed E-state index contributed by atoms with van der Waals surface area (Å²) in [6, 6.07) is 15.6. The van der Waals surface area contributed by atoms with Crippen molar-refractivity contribution < 1.29 is 4.52 Å². The van der Waals surface area contributed by atoms with Crippen LogP contribution in [0.4, 0.5) is 5.69 Å². The van der Waals surface area contributed by atoms with Crippen LogP contribution in [-0.2, 0) is 6.42 Å². The molecule has 0 spiro atoms. The fourth-order valence-corrected chi connectivity index (χ4v) is 2.09. The van der Waals surface area contributed by atoms with E-state index in [1.807, 2.05) is 36.4 Å². The smallest absolute Gasteiger partial charge is 0.231 e. The Labute approximate surface area is 117 Å². The second-order valence-corrected chi connectivity index (χ2v) is 4.74. The van der Waals surface area contributed by atoms with E-state index in [1.165, 1.54) is 11.1 Å². The Balaban J connectivity index is 1.86. The number of nitrogen functional groups attached to an aromatic ring is 1. The first-order valence-electron chi connectivity index (χ1n) is 6.45. The summed E-state index contributed by atoms with van der Waals surface area (Å²) in [7, 11) is 0. The second kappa shape index (κ2) is 5.17. The van der Waals surface area contributed by atoms with Gasteiger partial charge in [0.2, 0.25) is 11.7 Å². The molecule has 0 radical (unpaired) electrons. The highest BCUT2D eigenvalue weighted by Crippen LogP contribution is 2.20. The number of anilines is 1. The van der Waals surface area contributed by atoms with Gasteiger partial charge in [-0.15, -0.1) is 0 Å². The summed E-state index contributed by atoms with van der Waals surface area (Å²) in [5.74, 6) is 1.18. The van der Waals surface area contributed by atoms with E-state index in [-0.39, 0.29) is 0 Å². The van der Waals surface area contributed by atoms with E-state index in [9.17, 15) is 0 Å². The van der Waals surface area contributed by atoms with Crippen LogP contribution in [0.25, 0.3) is 11.4 Å².